The lowest BCUT2D eigenvalue weighted by Gasteiger charge is -2.27. The van der Waals surface area contributed by atoms with Crippen LogP contribution in [-0.4, -0.2) is 22.7 Å². The topological polar surface area (TPSA) is 92.7 Å². The molecule has 0 unspecified atom stereocenters. The number of amidine groups is 1. The van der Waals surface area contributed by atoms with Crippen molar-refractivity contribution in [1.82, 2.24) is 5.32 Å². The van der Waals surface area contributed by atoms with Crippen LogP contribution < -0.4 is 5.32 Å². The SMILES string of the molecule is CCCCC1=C(S(=O)(=O)c2ccc(C)cc2)N/C1=N/S(=O)(=O)c1ccc(C)cc1. The van der Waals surface area contributed by atoms with Gasteiger partial charge in [-0.1, -0.05) is 48.7 Å². The van der Waals surface area contributed by atoms with Gasteiger partial charge in [0.25, 0.3) is 10.0 Å². The summed E-state index contributed by atoms with van der Waals surface area (Å²) >= 11 is 0. The van der Waals surface area contributed by atoms with Gasteiger partial charge in [0.05, 0.1) is 9.79 Å². The van der Waals surface area contributed by atoms with Crippen LogP contribution in [0.15, 0.2) is 73.3 Å². The van der Waals surface area contributed by atoms with E-state index in [1.165, 1.54) is 12.1 Å². The van der Waals surface area contributed by atoms with E-state index in [1.807, 2.05) is 20.8 Å². The van der Waals surface area contributed by atoms with Crippen molar-refractivity contribution in [3.05, 3.63) is 70.3 Å². The van der Waals surface area contributed by atoms with Gasteiger partial charge in [0, 0.05) is 5.57 Å². The number of aryl methyl sites for hydroxylation is 2. The fourth-order valence-electron chi connectivity index (χ4n) is 2.91. The van der Waals surface area contributed by atoms with Gasteiger partial charge < -0.3 is 5.32 Å². The first-order valence-electron chi connectivity index (χ1n) is 9.39. The summed E-state index contributed by atoms with van der Waals surface area (Å²) in [6.45, 7) is 5.73. The fourth-order valence-corrected chi connectivity index (χ4v) is 5.38. The molecule has 1 aliphatic rings. The molecule has 29 heavy (non-hydrogen) atoms. The van der Waals surface area contributed by atoms with E-state index >= 15 is 0 Å². The maximum absolute atomic E-state index is 13.0. The molecule has 1 aliphatic heterocycles. The quantitative estimate of drug-likeness (QED) is 0.717. The number of nitrogens with zero attached hydrogens (tertiary/aromatic N) is 1. The van der Waals surface area contributed by atoms with Crippen LogP contribution >= 0.6 is 0 Å². The Bertz CT molecular complexity index is 1180. The van der Waals surface area contributed by atoms with Gasteiger partial charge in [-0.25, -0.2) is 8.42 Å². The lowest BCUT2D eigenvalue weighted by atomic mass is 10.1. The molecule has 0 bridgehead atoms. The zero-order valence-electron chi connectivity index (χ0n) is 16.6. The monoisotopic (exact) mass is 432 g/mol. The van der Waals surface area contributed by atoms with E-state index in [1.54, 1.807) is 36.4 Å². The van der Waals surface area contributed by atoms with Crippen molar-refractivity contribution in [1.29, 1.82) is 0 Å². The van der Waals surface area contributed by atoms with E-state index in [4.69, 9.17) is 0 Å². The van der Waals surface area contributed by atoms with Crippen LogP contribution in [0.1, 0.15) is 37.3 Å². The zero-order valence-corrected chi connectivity index (χ0v) is 18.3. The van der Waals surface area contributed by atoms with Crippen LogP contribution in [0.4, 0.5) is 0 Å². The molecule has 0 radical (unpaired) electrons. The van der Waals surface area contributed by atoms with Gasteiger partial charge in [0.1, 0.15) is 10.9 Å². The summed E-state index contributed by atoms with van der Waals surface area (Å²) in [7, 11) is -7.70. The van der Waals surface area contributed by atoms with Gasteiger partial charge in [0.15, 0.2) is 0 Å². The maximum atomic E-state index is 13.0. The molecule has 0 saturated heterocycles. The van der Waals surface area contributed by atoms with Crippen LogP contribution in [0.2, 0.25) is 0 Å². The number of unbranched alkanes of at least 4 members (excludes halogenated alkanes) is 1. The molecule has 0 aromatic heterocycles. The summed E-state index contributed by atoms with van der Waals surface area (Å²) < 4.78 is 55.1. The Labute approximate surface area is 172 Å². The molecular weight excluding hydrogens is 408 g/mol. The van der Waals surface area contributed by atoms with Crippen LogP contribution in [0.5, 0.6) is 0 Å². The molecule has 2 aromatic rings. The van der Waals surface area contributed by atoms with Gasteiger partial charge in [-0.05, 0) is 51.0 Å². The minimum atomic E-state index is -3.94. The molecule has 0 aliphatic carbocycles. The average Bonchev–Trinajstić information content (AvgIpc) is 2.65. The average molecular weight is 433 g/mol. The van der Waals surface area contributed by atoms with E-state index in [-0.39, 0.29) is 20.7 Å². The third-order valence-electron chi connectivity index (χ3n) is 4.70. The van der Waals surface area contributed by atoms with Crippen molar-refractivity contribution in [2.45, 2.75) is 49.8 Å². The van der Waals surface area contributed by atoms with Gasteiger partial charge >= 0.3 is 0 Å². The highest BCUT2D eigenvalue weighted by Gasteiger charge is 2.36. The number of hydrogen-bond donors (Lipinski definition) is 1. The standard InChI is InChI=1S/C21H24N2O4S2/c1-4-5-6-19-20(23-29(26,27)18-13-9-16(3)10-14-18)22-21(19)28(24,25)17-11-7-15(2)8-12-17/h7-14H,4-6H2,1-3H3,(H,22,23). The van der Waals surface area contributed by atoms with E-state index in [0.29, 0.717) is 12.0 Å². The maximum Gasteiger partial charge on any atom is 0.284 e. The molecule has 0 spiro atoms. The van der Waals surface area contributed by atoms with E-state index in [9.17, 15) is 16.8 Å². The van der Waals surface area contributed by atoms with Gasteiger partial charge in [-0.2, -0.15) is 8.42 Å². The lowest BCUT2D eigenvalue weighted by Crippen LogP contribution is -2.42. The largest absolute Gasteiger partial charge is 0.329 e. The number of hydrogen-bond acceptors (Lipinski definition) is 4. The van der Waals surface area contributed by atoms with Crippen LogP contribution in [0, 0.1) is 13.8 Å². The van der Waals surface area contributed by atoms with Crippen molar-refractivity contribution in [2.24, 2.45) is 4.40 Å². The Hall–Kier alpha value is -2.45. The van der Waals surface area contributed by atoms with Crippen LogP contribution in [0.3, 0.4) is 0 Å². The second-order valence-electron chi connectivity index (χ2n) is 7.08. The highest BCUT2D eigenvalue weighted by atomic mass is 32.2. The third kappa shape index (κ3) is 4.43. The molecule has 0 atom stereocenters. The molecule has 0 fully saturated rings. The van der Waals surface area contributed by atoms with Crippen molar-refractivity contribution >= 4 is 25.7 Å². The van der Waals surface area contributed by atoms with E-state index < -0.39 is 19.9 Å². The second kappa shape index (κ2) is 8.12. The Morgan fingerprint density at radius 2 is 1.34 bits per heavy atom. The Kier molecular flexibility index (Phi) is 5.95. The predicted molar refractivity (Wildman–Crippen MR) is 114 cm³/mol. The summed E-state index contributed by atoms with van der Waals surface area (Å²) in [6.07, 6.45) is 2.01. The van der Waals surface area contributed by atoms with E-state index in [0.717, 1.165) is 24.0 Å². The van der Waals surface area contributed by atoms with Gasteiger partial charge in [-0.3, -0.25) is 0 Å². The van der Waals surface area contributed by atoms with Crippen molar-refractivity contribution in [3.63, 3.8) is 0 Å². The minimum Gasteiger partial charge on any atom is -0.329 e. The Balaban J connectivity index is 2.01. The van der Waals surface area contributed by atoms with Crippen molar-refractivity contribution in [2.75, 3.05) is 0 Å². The number of rotatable bonds is 7. The number of nitrogens with one attached hydrogen (secondary N) is 1. The first-order chi connectivity index (χ1) is 13.6. The summed E-state index contributed by atoms with van der Waals surface area (Å²) in [5, 5.41) is 2.73. The molecule has 1 N–H and O–H groups in total. The summed E-state index contributed by atoms with van der Waals surface area (Å²) in [5.41, 5.74) is 2.33. The summed E-state index contributed by atoms with van der Waals surface area (Å²) in [6, 6.07) is 12.9. The molecule has 2 aromatic carbocycles. The molecular formula is C21H24N2O4S2. The molecule has 154 valence electrons. The lowest BCUT2D eigenvalue weighted by molar-refractivity contribution is 0.594. The summed E-state index contributed by atoms with van der Waals surface area (Å²) in [5.74, 6) is 0.102. The van der Waals surface area contributed by atoms with Crippen LogP contribution in [0.25, 0.3) is 0 Å². The van der Waals surface area contributed by atoms with Crippen LogP contribution in [-0.2, 0) is 19.9 Å². The second-order valence-corrected chi connectivity index (χ2v) is 10.6. The number of sulfonamides is 1. The highest BCUT2D eigenvalue weighted by Crippen LogP contribution is 2.30. The fraction of sp³-hybridized carbons (Fsp3) is 0.286. The molecule has 8 heteroatoms. The molecule has 1 heterocycles. The van der Waals surface area contributed by atoms with Crippen molar-refractivity contribution in [3.8, 4) is 0 Å². The minimum absolute atomic E-state index is 0.0349. The Morgan fingerprint density at radius 1 is 0.828 bits per heavy atom. The molecule has 3 rings (SSSR count). The van der Waals surface area contributed by atoms with Crippen molar-refractivity contribution < 1.29 is 16.8 Å². The third-order valence-corrected chi connectivity index (χ3v) is 7.77. The molecule has 0 amide bonds. The molecule has 0 saturated carbocycles. The van der Waals surface area contributed by atoms with E-state index in [2.05, 4.69) is 9.71 Å². The van der Waals surface area contributed by atoms with Gasteiger partial charge in [-0.15, -0.1) is 4.40 Å². The number of benzene rings is 2. The molecule has 6 nitrogen and oxygen atoms in total. The first kappa shape index (κ1) is 21.3. The number of sulfone groups is 1. The first-order valence-corrected chi connectivity index (χ1v) is 12.3. The normalized spacial score (nSPS) is 15.9. The smallest absolute Gasteiger partial charge is 0.284 e. The summed E-state index contributed by atoms with van der Waals surface area (Å²) in [4.78, 5) is 0.238. The zero-order chi connectivity index (χ0) is 21.2. The predicted octanol–water partition coefficient (Wildman–Crippen LogP) is 3.87. The van der Waals surface area contributed by atoms with Gasteiger partial charge in [0.2, 0.25) is 9.84 Å². The highest BCUT2D eigenvalue weighted by molar-refractivity contribution is 7.95. The Morgan fingerprint density at radius 3 is 1.86 bits per heavy atom.